The summed E-state index contributed by atoms with van der Waals surface area (Å²) in [5, 5.41) is 0. The van der Waals surface area contributed by atoms with Crippen LogP contribution in [-0.4, -0.2) is 0 Å². The highest BCUT2D eigenvalue weighted by molar-refractivity contribution is 5.32. The Bertz CT molecular complexity index is 341. The maximum atomic E-state index is 2.37. The topological polar surface area (TPSA) is 0 Å². The molecule has 0 aromatic heterocycles. The fraction of sp³-hybridized carbons (Fsp3) is 0.500. The Morgan fingerprint density at radius 3 is 1.62 bits per heavy atom. The largest absolute Gasteiger partial charge is 0.0805 e. The number of allylic oxidation sites excluding steroid dienone is 8. The third-order valence-corrected chi connectivity index (χ3v) is 4.32. The van der Waals surface area contributed by atoms with E-state index in [1.165, 1.54) is 38.5 Å². The number of hydrogen-bond acceptors (Lipinski definition) is 0. The van der Waals surface area contributed by atoms with E-state index < -0.39 is 0 Å². The molecule has 2 atom stereocenters. The standard InChI is InChI=1S/C16H20/c1-2-8-13(7-1)15-11-5-6-12-16(15)14-9-3-4-10-14/h1-4,7,9,15-16H,5-6,8,10-12H2. The van der Waals surface area contributed by atoms with Crippen LogP contribution in [0.3, 0.4) is 0 Å². The van der Waals surface area contributed by atoms with E-state index in [0.717, 1.165) is 11.8 Å². The molecule has 2 unspecified atom stereocenters. The lowest BCUT2D eigenvalue weighted by Crippen LogP contribution is -2.22. The van der Waals surface area contributed by atoms with Gasteiger partial charge in [-0.3, -0.25) is 0 Å². The molecule has 0 amide bonds. The van der Waals surface area contributed by atoms with E-state index in [4.69, 9.17) is 0 Å². The second kappa shape index (κ2) is 4.45. The van der Waals surface area contributed by atoms with Crippen molar-refractivity contribution >= 4 is 0 Å². The van der Waals surface area contributed by atoms with Gasteiger partial charge in [0.05, 0.1) is 0 Å². The van der Waals surface area contributed by atoms with Gasteiger partial charge in [-0.25, -0.2) is 0 Å². The second-order valence-corrected chi connectivity index (χ2v) is 5.25. The molecule has 0 heterocycles. The molecule has 3 rings (SSSR count). The van der Waals surface area contributed by atoms with Crippen molar-refractivity contribution in [2.45, 2.75) is 38.5 Å². The predicted octanol–water partition coefficient (Wildman–Crippen LogP) is 4.57. The molecular weight excluding hydrogens is 192 g/mol. The van der Waals surface area contributed by atoms with Crippen LogP contribution in [0.1, 0.15) is 38.5 Å². The molecule has 0 radical (unpaired) electrons. The smallest absolute Gasteiger partial charge is 0.0130 e. The van der Waals surface area contributed by atoms with E-state index in [-0.39, 0.29) is 0 Å². The molecule has 0 spiro atoms. The first kappa shape index (κ1) is 10.1. The summed E-state index contributed by atoms with van der Waals surface area (Å²) in [7, 11) is 0. The Kier molecular flexibility index (Phi) is 2.82. The normalized spacial score (nSPS) is 33.0. The van der Waals surface area contributed by atoms with Gasteiger partial charge in [0.1, 0.15) is 0 Å². The molecule has 3 aliphatic rings. The third-order valence-electron chi connectivity index (χ3n) is 4.32. The van der Waals surface area contributed by atoms with Crippen LogP contribution in [0.5, 0.6) is 0 Å². The summed E-state index contributed by atoms with van der Waals surface area (Å²) in [4.78, 5) is 0. The fourth-order valence-electron chi connectivity index (χ4n) is 3.50. The monoisotopic (exact) mass is 212 g/mol. The number of hydrogen-bond donors (Lipinski definition) is 0. The van der Waals surface area contributed by atoms with Crippen LogP contribution in [0, 0.1) is 11.8 Å². The van der Waals surface area contributed by atoms with Crippen molar-refractivity contribution < 1.29 is 0 Å². The van der Waals surface area contributed by atoms with Gasteiger partial charge >= 0.3 is 0 Å². The summed E-state index contributed by atoms with van der Waals surface area (Å²) in [6.07, 6.45) is 21.9. The van der Waals surface area contributed by atoms with Crippen LogP contribution >= 0.6 is 0 Å². The van der Waals surface area contributed by atoms with Crippen LogP contribution in [0.2, 0.25) is 0 Å². The first-order valence-electron chi connectivity index (χ1n) is 6.66. The lowest BCUT2D eigenvalue weighted by Gasteiger charge is -2.34. The van der Waals surface area contributed by atoms with Gasteiger partial charge in [0.2, 0.25) is 0 Å². The Hall–Kier alpha value is -1.04. The van der Waals surface area contributed by atoms with Gasteiger partial charge in [-0.1, -0.05) is 60.4 Å². The summed E-state index contributed by atoms with van der Waals surface area (Å²) in [6, 6.07) is 0. The average molecular weight is 212 g/mol. The summed E-state index contributed by atoms with van der Waals surface area (Å²) < 4.78 is 0. The second-order valence-electron chi connectivity index (χ2n) is 5.25. The zero-order valence-corrected chi connectivity index (χ0v) is 9.86. The maximum absolute atomic E-state index is 2.37. The zero-order chi connectivity index (χ0) is 10.8. The molecule has 16 heavy (non-hydrogen) atoms. The molecule has 1 fully saturated rings. The average Bonchev–Trinajstić information content (AvgIpc) is 3.03. The fourth-order valence-corrected chi connectivity index (χ4v) is 3.50. The summed E-state index contributed by atoms with van der Waals surface area (Å²) in [5.74, 6) is 1.68. The summed E-state index contributed by atoms with van der Waals surface area (Å²) >= 11 is 0. The minimum Gasteiger partial charge on any atom is -0.0805 e. The van der Waals surface area contributed by atoms with Gasteiger partial charge in [0.15, 0.2) is 0 Å². The molecule has 0 aromatic rings. The van der Waals surface area contributed by atoms with Crippen LogP contribution in [0.15, 0.2) is 47.6 Å². The van der Waals surface area contributed by atoms with E-state index in [1.807, 2.05) is 0 Å². The van der Waals surface area contributed by atoms with Crippen molar-refractivity contribution in [1.29, 1.82) is 0 Å². The van der Waals surface area contributed by atoms with Gasteiger partial charge < -0.3 is 0 Å². The highest BCUT2D eigenvalue weighted by atomic mass is 14.3. The van der Waals surface area contributed by atoms with Crippen molar-refractivity contribution in [3.63, 3.8) is 0 Å². The minimum atomic E-state index is 0.842. The van der Waals surface area contributed by atoms with E-state index in [2.05, 4.69) is 36.5 Å². The van der Waals surface area contributed by atoms with Crippen molar-refractivity contribution in [3.05, 3.63) is 47.6 Å². The molecule has 0 N–H and O–H groups in total. The van der Waals surface area contributed by atoms with Crippen molar-refractivity contribution in [2.24, 2.45) is 11.8 Å². The molecule has 84 valence electrons. The van der Waals surface area contributed by atoms with Gasteiger partial charge in [-0.15, -0.1) is 0 Å². The molecule has 0 bridgehead atoms. The van der Waals surface area contributed by atoms with E-state index in [1.54, 1.807) is 11.1 Å². The Balaban J connectivity index is 1.78. The quantitative estimate of drug-likeness (QED) is 0.629. The van der Waals surface area contributed by atoms with E-state index in [0.29, 0.717) is 0 Å². The van der Waals surface area contributed by atoms with Gasteiger partial charge in [0, 0.05) is 0 Å². The molecule has 1 saturated carbocycles. The Labute approximate surface area is 98.4 Å². The predicted molar refractivity (Wildman–Crippen MR) is 69.1 cm³/mol. The highest BCUT2D eigenvalue weighted by Crippen LogP contribution is 2.43. The molecule has 0 heteroatoms. The van der Waals surface area contributed by atoms with Crippen molar-refractivity contribution in [2.75, 3.05) is 0 Å². The minimum absolute atomic E-state index is 0.842. The summed E-state index contributed by atoms with van der Waals surface area (Å²) in [5.41, 5.74) is 3.38. The van der Waals surface area contributed by atoms with Crippen LogP contribution in [0.25, 0.3) is 0 Å². The first-order chi connectivity index (χ1) is 7.95. The molecule has 0 saturated heterocycles. The van der Waals surface area contributed by atoms with Crippen LogP contribution in [-0.2, 0) is 0 Å². The molecule has 3 aliphatic carbocycles. The molecule has 0 aliphatic heterocycles. The number of rotatable bonds is 2. The van der Waals surface area contributed by atoms with Crippen molar-refractivity contribution in [3.8, 4) is 0 Å². The van der Waals surface area contributed by atoms with E-state index >= 15 is 0 Å². The van der Waals surface area contributed by atoms with Crippen LogP contribution in [0.4, 0.5) is 0 Å². The molecule has 0 aromatic carbocycles. The summed E-state index contributed by atoms with van der Waals surface area (Å²) in [6.45, 7) is 0. The first-order valence-corrected chi connectivity index (χ1v) is 6.66. The van der Waals surface area contributed by atoms with Crippen molar-refractivity contribution in [1.82, 2.24) is 0 Å². The Morgan fingerprint density at radius 1 is 0.750 bits per heavy atom. The lowest BCUT2D eigenvalue weighted by atomic mass is 9.71. The van der Waals surface area contributed by atoms with E-state index in [9.17, 15) is 0 Å². The molecular formula is C16H20. The SMILES string of the molecule is C1=CCC(C2CCCCC2C2=CC=CC2)=C1. The highest BCUT2D eigenvalue weighted by Gasteiger charge is 2.30. The van der Waals surface area contributed by atoms with Gasteiger partial charge in [-0.2, -0.15) is 0 Å². The van der Waals surface area contributed by atoms with Crippen LogP contribution < -0.4 is 0 Å². The lowest BCUT2D eigenvalue weighted by molar-refractivity contribution is 0.305. The Morgan fingerprint density at radius 2 is 1.25 bits per heavy atom. The third kappa shape index (κ3) is 1.81. The van der Waals surface area contributed by atoms with Gasteiger partial charge in [-0.05, 0) is 37.5 Å². The maximum Gasteiger partial charge on any atom is -0.0130 e. The molecule has 0 nitrogen and oxygen atoms in total. The zero-order valence-electron chi connectivity index (χ0n) is 9.86. The van der Waals surface area contributed by atoms with Gasteiger partial charge in [0.25, 0.3) is 0 Å².